The topological polar surface area (TPSA) is 95.9 Å². The van der Waals surface area contributed by atoms with E-state index in [1.165, 1.54) is 11.8 Å². The molecule has 0 spiro atoms. The highest BCUT2D eigenvalue weighted by Gasteiger charge is 2.47. The number of amides is 2. The van der Waals surface area contributed by atoms with E-state index in [4.69, 9.17) is 4.74 Å². The molecule has 7 nitrogen and oxygen atoms in total. The number of anilines is 2. The molecule has 1 unspecified atom stereocenters. The van der Waals surface area contributed by atoms with Crippen LogP contribution in [0, 0.1) is 12.8 Å². The van der Waals surface area contributed by atoms with E-state index < -0.39 is 17.7 Å². The highest BCUT2D eigenvalue weighted by Crippen LogP contribution is 2.43. The second-order valence-corrected chi connectivity index (χ2v) is 12.0. The van der Waals surface area contributed by atoms with Gasteiger partial charge in [0.1, 0.15) is 11.5 Å². The highest BCUT2D eigenvalue weighted by atomic mass is 16.5. The number of Topliss-reactive ketones (excluding diaryl/α,β-unsaturated/α-hetero) is 1. The second-order valence-electron chi connectivity index (χ2n) is 12.0. The molecule has 0 saturated carbocycles. The zero-order chi connectivity index (χ0) is 30.1. The minimum Gasteiger partial charge on any atom is -0.507 e. The van der Waals surface area contributed by atoms with Crippen LogP contribution >= 0.6 is 0 Å². The Kier molecular flexibility index (Phi) is 8.38. The molecule has 1 aliphatic rings. The quantitative estimate of drug-likeness (QED) is 0.188. The lowest BCUT2D eigenvalue weighted by Crippen LogP contribution is -2.29. The molecular weight excluding hydrogens is 516 g/mol. The van der Waals surface area contributed by atoms with Crippen LogP contribution in [0.5, 0.6) is 5.75 Å². The Balaban J connectivity index is 1.84. The van der Waals surface area contributed by atoms with Crippen LogP contribution in [0.3, 0.4) is 0 Å². The van der Waals surface area contributed by atoms with Gasteiger partial charge in [-0.15, -0.1) is 0 Å². The number of aryl methyl sites for hydroxylation is 1. The Hall–Kier alpha value is -4.39. The first-order chi connectivity index (χ1) is 19.3. The fourth-order valence-corrected chi connectivity index (χ4v) is 4.86. The Labute approximate surface area is 241 Å². The monoisotopic (exact) mass is 554 g/mol. The van der Waals surface area contributed by atoms with E-state index in [1.807, 2.05) is 31.2 Å². The average molecular weight is 555 g/mol. The van der Waals surface area contributed by atoms with Gasteiger partial charge < -0.3 is 15.2 Å². The lowest BCUT2D eigenvalue weighted by atomic mass is 9.85. The third-order valence-corrected chi connectivity index (χ3v) is 7.02. The molecule has 214 valence electrons. The first-order valence-corrected chi connectivity index (χ1v) is 13.8. The number of carbonyl (C=O) groups excluding carboxylic acids is 3. The Morgan fingerprint density at radius 2 is 1.63 bits per heavy atom. The highest BCUT2D eigenvalue weighted by molar-refractivity contribution is 6.51. The van der Waals surface area contributed by atoms with Crippen molar-refractivity contribution in [3.8, 4) is 5.75 Å². The SMILES string of the molecule is CC(=O)Nc1ccc(N2C(=O)C(=O)/C(=C(\O)c3ccc(OCC(C)C)c(C)c3)C2c2ccc(C(C)(C)C)cc2)cc1. The zero-order valence-corrected chi connectivity index (χ0v) is 24.7. The Morgan fingerprint density at radius 1 is 1.00 bits per heavy atom. The van der Waals surface area contributed by atoms with Gasteiger partial charge in [0.2, 0.25) is 5.91 Å². The fourth-order valence-electron chi connectivity index (χ4n) is 4.86. The van der Waals surface area contributed by atoms with Crippen LogP contribution in [0.15, 0.2) is 72.3 Å². The van der Waals surface area contributed by atoms with Crippen molar-refractivity contribution in [2.75, 3.05) is 16.8 Å². The number of carbonyl (C=O) groups is 3. The van der Waals surface area contributed by atoms with E-state index >= 15 is 0 Å². The first kappa shape index (κ1) is 29.6. The lowest BCUT2D eigenvalue weighted by Gasteiger charge is -2.27. The minimum atomic E-state index is -0.854. The van der Waals surface area contributed by atoms with E-state index in [-0.39, 0.29) is 22.7 Å². The maximum atomic E-state index is 13.6. The zero-order valence-electron chi connectivity index (χ0n) is 24.7. The van der Waals surface area contributed by atoms with Gasteiger partial charge in [0.25, 0.3) is 11.7 Å². The molecule has 0 aliphatic carbocycles. The number of aliphatic hydroxyl groups excluding tert-OH is 1. The molecular formula is C34H38N2O5. The summed E-state index contributed by atoms with van der Waals surface area (Å²) in [6, 6.07) is 18.9. The van der Waals surface area contributed by atoms with Gasteiger partial charge in [0.15, 0.2) is 0 Å². The predicted molar refractivity (Wildman–Crippen MR) is 162 cm³/mol. The molecule has 1 aliphatic heterocycles. The van der Waals surface area contributed by atoms with Gasteiger partial charge in [-0.2, -0.15) is 0 Å². The van der Waals surface area contributed by atoms with Crippen molar-refractivity contribution in [3.63, 3.8) is 0 Å². The van der Waals surface area contributed by atoms with Crippen molar-refractivity contribution >= 4 is 34.7 Å². The summed E-state index contributed by atoms with van der Waals surface area (Å²) in [4.78, 5) is 40.0. The number of hydrogen-bond acceptors (Lipinski definition) is 5. The molecule has 0 bridgehead atoms. The van der Waals surface area contributed by atoms with Crippen LogP contribution in [-0.4, -0.2) is 29.3 Å². The maximum Gasteiger partial charge on any atom is 0.300 e. The predicted octanol–water partition coefficient (Wildman–Crippen LogP) is 6.91. The van der Waals surface area contributed by atoms with Gasteiger partial charge >= 0.3 is 0 Å². The van der Waals surface area contributed by atoms with Gasteiger partial charge in [0, 0.05) is 23.9 Å². The average Bonchev–Trinajstić information content (AvgIpc) is 3.17. The van der Waals surface area contributed by atoms with E-state index in [1.54, 1.807) is 42.5 Å². The summed E-state index contributed by atoms with van der Waals surface area (Å²) < 4.78 is 5.88. The van der Waals surface area contributed by atoms with Gasteiger partial charge in [-0.3, -0.25) is 19.3 Å². The molecule has 2 N–H and O–H groups in total. The van der Waals surface area contributed by atoms with Crippen molar-refractivity contribution in [3.05, 3.63) is 94.6 Å². The van der Waals surface area contributed by atoms with Crippen LogP contribution < -0.4 is 15.0 Å². The summed E-state index contributed by atoms with van der Waals surface area (Å²) in [5.74, 6) is -0.912. The Morgan fingerprint density at radius 3 is 2.17 bits per heavy atom. The van der Waals surface area contributed by atoms with Crippen LogP contribution in [0.4, 0.5) is 11.4 Å². The van der Waals surface area contributed by atoms with E-state index in [0.717, 1.165) is 11.1 Å². The van der Waals surface area contributed by atoms with Crippen LogP contribution in [-0.2, 0) is 19.8 Å². The third-order valence-electron chi connectivity index (χ3n) is 7.02. The maximum absolute atomic E-state index is 13.6. The first-order valence-electron chi connectivity index (χ1n) is 13.8. The standard InChI is InChI=1S/C34H38N2O5/c1-20(2)19-41-28-17-10-24(18-21(28)3)31(38)29-30(23-8-11-25(12-9-23)34(5,6)7)36(33(40)32(29)39)27-15-13-26(14-16-27)35-22(4)37/h8-18,20,30,38H,19H2,1-7H3,(H,35,37)/b31-29-. The molecule has 4 rings (SSSR count). The smallest absolute Gasteiger partial charge is 0.300 e. The number of aliphatic hydroxyl groups is 1. The van der Waals surface area contributed by atoms with E-state index in [0.29, 0.717) is 40.8 Å². The molecule has 1 heterocycles. The molecule has 7 heteroatoms. The summed E-state index contributed by atoms with van der Waals surface area (Å²) >= 11 is 0. The van der Waals surface area contributed by atoms with Gasteiger partial charge in [-0.05, 0) is 77.4 Å². The second kappa shape index (κ2) is 11.6. The lowest BCUT2D eigenvalue weighted by molar-refractivity contribution is -0.132. The number of ether oxygens (including phenoxy) is 1. The van der Waals surface area contributed by atoms with Crippen molar-refractivity contribution in [1.29, 1.82) is 0 Å². The summed E-state index contributed by atoms with van der Waals surface area (Å²) in [5, 5.41) is 14.3. The van der Waals surface area contributed by atoms with Gasteiger partial charge in [-0.25, -0.2) is 0 Å². The van der Waals surface area contributed by atoms with Crippen LogP contribution in [0.1, 0.15) is 69.8 Å². The summed E-state index contributed by atoms with van der Waals surface area (Å²) in [5.41, 5.74) is 4.00. The molecule has 1 fully saturated rings. The molecule has 3 aromatic rings. The summed E-state index contributed by atoms with van der Waals surface area (Å²) in [7, 11) is 0. The number of nitrogens with one attached hydrogen (secondary N) is 1. The molecule has 0 aromatic heterocycles. The molecule has 1 atom stereocenters. The Bertz CT molecular complexity index is 1500. The normalized spacial score (nSPS) is 16.8. The molecule has 41 heavy (non-hydrogen) atoms. The third kappa shape index (κ3) is 6.35. The van der Waals surface area contributed by atoms with Crippen LogP contribution in [0.25, 0.3) is 5.76 Å². The van der Waals surface area contributed by atoms with Crippen molar-refractivity contribution in [2.24, 2.45) is 5.92 Å². The number of hydrogen-bond donors (Lipinski definition) is 2. The minimum absolute atomic E-state index is 0.0136. The molecule has 1 saturated heterocycles. The number of ketones is 1. The molecule has 0 radical (unpaired) electrons. The fraction of sp³-hybridized carbons (Fsp3) is 0.324. The van der Waals surface area contributed by atoms with E-state index in [9.17, 15) is 19.5 Å². The van der Waals surface area contributed by atoms with Crippen molar-refractivity contribution < 1.29 is 24.2 Å². The molecule has 2 amide bonds. The summed E-state index contributed by atoms with van der Waals surface area (Å²) in [6.45, 7) is 14.3. The summed E-state index contributed by atoms with van der Waals surface area (Å²) in [6.07, 6.45) is 0. The number of benzene rings is 3. The van der Waals surface area contributed by atoms with Gasteiger partial charge in [0.05, 0.1) is 18.2 Å². The van der Waals surface area contributed by atoms with Crippen LogP contribution in [0.2, 0.25) is 0 Å². The molecule has 3 aromatic carbocycles. The van der Waals surface area contributed by atoms with E-state index in [2.05, 4.69) is 39.9 Å². The number of nitrogens with zero attached hydrogens (tertiary/aromatic N) is 1. The van der Waals surface area contributed by atoms with Crippen molar-refractivity contribution in [1.82, 2.24) is 0 Å². The van der Waals surface area contributed by atoms with Gasteiger partial charge in [-0.1, -0.05) is 58.9 Å². The number of rotatable bonds is 7. The largest absolute Gasteiger partial charge is 0.507 e. The van der Waals surface area contributed by atoms with Crippen molar-refractivity contribution in [2.45, 2.75) is 59.9 Å².